The predicted molar refractivity (Wildman–Crippen MR) is 152 cm³/mol. The highest BCUT2D eigenvalue weighted by molar-refractivity contribution is 7.90. The van der Waals surface area contributed by atoms with Gasteiger partial charge in [0, 0.05) is 49.8 Å². The number of piperazine rings is 1. The first-order valence-corrected chi connectivity index (χ1v) is 15.1. The van der Waals surface area contributed by atoms with Crippen LogP contribution in [-0.4, -0.2) is 73.9 Å². The Hall–Kier alpha value is -2.15. The van der Waals surface area contributed by atoms with Gasteiger partial charge in [-0.1, -0.05) is 48.7 Å². The zero-order valence-corrected chi connectivity index (χ0v) is 23.7. The van der Waals surface area contributed by atoms with Crippen molar-refractivity contribution < 1.29 is 13.2 Å². The topological polar surface area (TPSA) is 138 Å². The number of primary amides is 1. The third-order valence-corrected chi connectivity index (χ3v) is 8.37. The lowest BCUT2D eigenvalue weighted by molar-refractivity contribution is -0.124. The first kappa shape index (κ1) is 28.8. The van der Waals surface area contributed by atoms with Gasteiger partial charge in [-0.15, -0.1) is 0 Å². The molecule has 0 radical (unpaired) electrons. The zero-order chi connectivity index (χ0) is 27.4. The van der Waals surface area contributed by atoms with Gasteiger partial charge in [-0.25, -0.2) is 10.1 Å². The molecule has 0 saturated carbocycles. The second kappa shape index (κ2) is 12.4. The number of benzene rings is 1. The number of hydrogen-bond acceptors (Lipinski definition) is 7. The number of rotatable bonds is 9. The van der Waals surface area contributed by atoms with E-state index >= 15 is 0 Å². The lowest BCUT2D eigenvalue weighted by Gasteiger charge is -2.48. The average molecular weight is 585 g/mol. The maximum atomic E-state index is 12.4. The van der Waals surface area contributed by atoms with Crippen LogP contribution in [0.1, 0.15) is 44.2 Å². The third-order valence-electron chi connectivity index (χ3n) is 7.32. The van der Waals surface area contributed by atoms with Crippen LogP contribution in [0.15, 0.2) is 36.5 Å². The predicted octanol–water partition coefficient (Wildman–Crippen LogP) is 2.99. The van der Waals surface area contributed by atoms with Crippen LogP contribution in [0.25, 0.3) is 0 Å². The molecule has 2 fully saturated rings. The molecule has 0 aliphatic carbocycles. The normalized spacial score (nSPS) is 20.8. The minimum Gasteiger partial charge on any atom is -0.368 e. The summed E-state index contributed by atoms with van der Waals surface area (Å²) < 4.78 is 24.8. The number of pyridine rings is 1. The van der Waals surface area contributed by atoms with Crippen LogP contribution < -0.4 is 20.5 Å². The van der Waals surface area contributed by atoms with E-state index in [0.29, 0.717) is 27.9 Å². The van der Waals surface area contributed by atoms with Crippen LogP contribution in [0.3, 0.4) is 0 Å². The molecule has 2 atom stereocenters. The monoisotopic (exact) mass is 583 g/mol. The minimum atomic E-state index is -3.90. The number of nitrogens with one attached hydrogen (secondary N) is 1. The fourth-order valence-electron chi connectivity index (χ4n) is 5.69. The highest BCUT2D eigenvalue weighted by Crippen LogP contribution is 2.32. The third kappa shape index (κ3) is 7.08. The number of piperidine rings is 1. The molecule has 2 saturated heterocycles. The van der Waals surface area contributed by atoms with Crippen molar-refractivity contribution in [1.29, 1.82) is 0 Å². The molecule has 5 N–H and O–H groups in total. The van der Waals surface area contributed by atoms with Gasteiger partial charge in [-0.05, 0) is 43.0 Å². The van der Waals surface area contributed by atoms with E-state index in [1.54, 1.807) is 12.1 Å². The summed E-state index contributed by atoms with van der Waals surface area (Å²) in [6.07, 6.45) is 5.41. The molecule has 0 spiro atoms. The van der Waals surface area contributed by atoms with E-state index in [0.717, 1.165) is 64.0 Å². The molecule has 208 valence electrons. The molecule has 1 aromatic heterocycles. The van der Waals surface area contributed by atoms with Crippen LogP contribution in [0.4, 0.5) is 11.5 Å². The summed E-state index contributed by atoms with van der Waals surface area (Å²) in [7, 11) is -3.90. The van der Waals surface area contributed by atoms with Gasteiger partial charge in [-0.3, -0.25) is 19.3 Å². The first-order valence-electron chi connectivity index (χ1n) is 12.8. The standard InChI is InChI=1S/C25H35Cl2N7O3S/c1-2-3-21-16-33(25-22(27)14-19(15-30-25)31-38(29,36)37)12-13-34(21)20-8-10-32(11-9-20)23(24(28)35)17-4-6-18(26)7-5-17/h4-7,14-15,20-21,23,31H,2-3,8-13,16H2,1H3,(H2,28,35)(H2,29,36,37)/t21-,23-/m0/s1. The van der Waals surface area contributed by atoms with Gasteiger partial charge in [0.05, 0.1) is 16.9 Å². The van der Waals surface area contributed by atoms with Gasteiger partial charge in [0.25, 0.3) is 10.2 Å². The second-order valence-electron chi connectivity index (χ2n) is 9.93. The number of amides is 1. The molecule has 2 aromatic rings. The van der Waals surface area contributed by atoms with Gasteiger partial charge >= 0.3 is 0 Å². The highest BCUT2D eigenvalue weighted by atomic mass is 35.5. The smallest absolute Gasteiger partial charge is 0.296 e. The molecule has 0 bridgehead atoms. The Morgan fingerprint density at radius 2 is 1.84 bits per heavy atom. The molecule has 4 rings (SSSR count). The molecule has 2 aliphatic heterocycles. The number of aromatic nitrogens is 1. The highest BCUT2D eigenvalue weighted by Gasteiger charge is 2.36. The molecule has 13 heteroatoms. The van der Waals surface area contributed by atoms with Crippen LogP contribution >= 0.6 is 23.2 Å². The Morgan fingerprint density at radius 1 is 1.16 bits per heavy atom. The van der Waals surface area contributed by atoms with Gasteiger partial charge in [-0.2, -0.15) is 8.42 Å². The Balaban J connectivity index is 1.41. The van der Waals surface area contributed by atoms with Crippen molar-refractivity contribution in [2.45, 2.75) is 50.7 Å². The maximum absolute atomic E-state index is 12.4. The number of nitrogens with zero attached hydrogens (tertiary/aromatic N) is 4. The van der Waals surface area contributed by atoms with Gasteiger partial charge < -0.3 is 10.6 Å². The van der Waals surface area contributed by atoms with Crippen molar-refractivity contribution in [3.05, 3.63) is 52.1 Å². The summed E-state index contributed by atoms with van der Waals surface area (Å²) >= 11 is 12.5. The molecule has 0 unspecified atom stereocenters. The first-order chi connectivity index (χ1) is 18.1. The van der Waals surface area contributed by atoms with Crippen molar-refractivity contribution in [2.24, 2.45) is 10.9 Å². The quantitative estimate of drug-likeness (QED) is 0.412. The SMILES string of the molecule is CCC[C@H]1CN(c2ncc(NS(N)(=O)=O)cc2Cl)CCN1C1CCN([C@H](C(N)=O)c2ccc(Cl)cc2)CC1. The minimum absolute atomic E-state index is 0.226. The van der Waals surface area contributed by atoms with Gasteiger partial charge in [0.1, 0.15) is 11.9 Å². The van der Waals surface area contributed by atoms with Crippen LogP contribution in [0.5, 0.6) is 0 Å². The number of likely N-dealkylation sites (tertiary alicyclic amines) is 1. The van der Waals surface area contributed by atoms with Gasteiger partial charge in [0.2, 0.25) is 5.91 Å². The summed E-state index contributed by atoms with van der Waals surface area (Å²) in [6.45, 7) is 6.14. The molecule has 1 aromatic carbocycles. The molecular formula is C25H35Cl2N7O3S. The summed E-state index contributed by atoms with van der Waals surface area (Å²) in [5, 5.41) is 6.05. The van der Waals surface area contributed by atoms with Crippen molar-refractivity contribution in [3.63, 3.8) is 0 Å². The molecule has 38 heavy (non-hydrogen) atoms. The van der Waals surface area contributed by atoms with Gasteiger partial charge in [0.15, 0.2) is 0 Å². The molecule has 1 amide bonds. The number of carbonyl (C=O) groups is 1. The van der Waals surface area contributed by atoms with Crippen LogP contribution in [0.2, 0.25) is 10.0 Å². The number of halogens is 2. The average Bonchev–Trinajstić information content (AvgIpc) is 2.85. The Labute approximate surface area is 234 Å². The number of carbonyl (C=O) groups excluding carboxylic acids is 1. The fraction of sp³-hybridized carbons (Fsp3) is 0.520. The Kier molecular flexibility index (Phi) is 9.38. The van der Waals surface area contributed by atoms with E-state index in [4.69, 9.17) is 34.1 Å². The van der Waals surface area contributed by atoms with E-state index < -0.39 is 16.3 Å². The zero-order valence-electron chi connectivity index (χ0n) is 21.4. The van der Waals surface area contributed by atoms with E-state index in [1.807, 2.05) is 12.1 Å². The summed E-state index contributed by atoms with van der Waals surface area (Å²) in [6, 6.07) is 9.13. The summed E-state index contributed by atoms with van der Waals surface area (Å²) in [4.78, 5) is 23.7. The van der Waals surface area contributed by atoms with E-state index in [1.165, 1.54) is 12.3 Å². The number of hydrogen-bond donors (Lipinski definition) is 3. The number of nitrogens with two attached hydrogens (primary N) is 2. The fourth-order valence-corrected chi connectivity index (χ4v) is 6.54. The second-order valence-corrected chi connectivity index (χ2v) is 12.1. The molecular weight excluding hydrogens is 549 g/mol. The van der Waals surface area contributed by atoms with Crippen molar-refractivity contribution in [3.8, 4) is 0 Å². The van der Waals surface area contributed by atoms with Crippen molar-refractivity contribution in [1.82, 2.24) is 14.8 Å². The lowest BCUT2D eigenvalue weighted by atomic mass is 9.95. The molecule has 10 nitrogen and oxygen atoms in total. The Morgan fingerprint density at radius 3 is 2.42 bits per heavy atom. The van der Waals surface area contributed by atoms with Crippen molar-refractivity contribution in [2.75, 3.05) is 42.3 Å². The summed E-state index contributed by atoms with van der Waals surface area (Å²) in [5.41, 5.74) is 6.91. The van der Waals surface area contributed by atoms with Crippen LogP contribution in [0, 0.1) is 0 Å². The lowest BCUT2D eigenvalue weighted by Crippen LogP contribution is -2.59. The molecule has 2 aliphatic rings. The largest absolute Gasteiger partial charge is 0.368 e. The summed E-state index contributed by atoms with van der Waals surface area (Å²) in [5.74, 6) is 0.285. The van der Waals surface area contributed by atoms with Crippen molar-refractivity contribution >= 4 is 50.8 Å². The number of anilines is 2. The maximum Gasteiger partial charge on any atom is 0.296 e. The Bertz CT molecular complexity index is 1220. The van der Waals surface area contributed by atoms with E-state index in [2.05, 4.69) is 31.3 Å². The van der Waals surface area contributed by atoms with E-state index in [-0.39, 0.29) is 11.6 Å². The van der Waals surface area contributed by atoms with Crippen LogP contribution in [-0.2, 0) is 15.0 Å². The molecule has 3 heterocycles. The van der Waals surface area contributed by atoms with E-state index in [9.17, 15) is 13.2 Å².